The number of nitrogens with zero attached hydrogens (tertiary/aromatic N) is 2. The van der Waals surface area contributed by atoms with E-state index in [0.717, 1.165) is 17.4 Å². The van der Waals surface area contributed by atoms with Crippen molar-refractivity contribution >= 4 is 17.7 Å². The number of hydrogen-bond acceptors (Lipinski definition) is 2. The first-order chi connectivity index (χ1) is 10.1. The zero-order chi connectivity index (χ0) is 14.6. The van der Waals surface area contributed by atoms with Crippen LogP contribution in [0.5, 0.6) is 0 Å². The summed E-state index contributed by atoms with van der Waals surface area (Å²) in [5, 5.41) is 0. The molecule has 1 amide bonds. The molecule has 1 aromatic heterocycles. The van der Waals surface area contributed by atoms with E-state index in [1.165, 1.54) is 36.5 Å². The molecular weight excluding hydrogens is 284 g/mol. The number of pyridine rings is 1. The number of rotatable bonds is 2. The molecule has 4 aliphatic rings. The van der Waals surface area contributed by atoms with E-state index in [-0.39, 0.29) is 11.9 Å². The lowest BCUT2D eigenvalue weighted by Crippen LogP contribution is -2.54. The number of aromatic nitrogens is 1. The van der Waals surface area contributed by atoms with E-state index in [0.29, 0.717) is 17.5 Å². The summed E-state index contributed by atoms with van der Waals surface area (Å²) in [6.45, 7) is 1.92. The lowest BCUT2D eigenvalue weighted by molar-refractivity contribution is -0.0350. The lowest BCUT2D eigenvalue weighted by atomic mass is 9.54. The van der Waals surface area contributed by atoms with Crippen molar-refractivity contribution < 1.29 is 4.79 Å². The second kappa shape index (κ2) is 4.98. The summed E-state index contributed by atoms with van der Waals surface area (Å²) in [7, 11) is 0. The fourth-order valence-electron chi connectivity index (χ4n) is 5.21. The molecule has 0 spiro atoms. The average Bonchev–Trinajstić information content (AvgIpc) is 2.45. The summed E-state index contributed by atoms with van der Waals surface area (Å²) >= 11 is 6.53. The molecule has 4 saturated carbocycles. The van der Waals surface area contributed by atoms with Gasteiger partial charge in [0, 0.05) is 18.0 Å². The Morgan fingerprint density at radius 1 is 1.19 bits per heavy atom. The van der Waals surface area contributed by atoms with E-state index in [1.807, 2.05) is 19.1 Å². The molecule has 0 atom stereocenters. The number of hydrogen-bond donors (Lipinski definition) is 0. The van der Waals surface area contributed by atoms with E-state index in [9.17, 15) is 4.79 Å². The maximum absolute atomic E-state index is 12.7. The Labute approximate surface area is 130 Å². The van der Waals surface area contributed by atoms with Gasteiger partial charge in [0.05, 0.1) is 6.04 Å². The van der Waals surface area contributed by atoms with Crippen molar-refractivity contribution in [3.05, 3.63) is 29.6 Å². The molecule has 0 radical (unpaired) electrons. The molecule has 4 heteroatoms. The topological polar surface area (TPSA) is 33.2 Å². The van der Waals surface area contributed by atoms with Gasteiger partial charge in [-0.1, -0.05) is 6.07 Å². The van der Waals surface area contributed by atoms with Gasteiger partial charge >= 0.3 is 0 Å². The van der Waals surface area contributed by atoms with Gasteiger partial charge in [-0.2, -0.15) is 0 Å². The SMILES string of the molecule is Cc1cccnc1C(=O)N(Cl)C1C2CC3CC(C2)CC1C3. The zero-order valence-corrected chi connectivity index (χ0v) is 13.1. The molecule has 1 heterocycles. The van der Waals surface area contributed by atoms with E-state index >= 15 is 0 Å². The molecule has 0 unspecified atom stereocenters. The highest BCUT2D eigenvalue weighted by Gasteiger charge is 2.51. The molecule has 5 rings (SSSR count). The fraction of sp³-hybridized carbons (Fsp3) is 0.647. The van der Waals surface area contributed by atoms with Crippen LogP contribution in [0.4, 0.5) is 0 Å². The largest absolute Gasteiger partial charge is 0.287 e. The Morgan fingerprint density at radius 2 is 1.81 bits per heavy atom. The molecule has 3 nitrogen and oxygen atoms in total. The molecule has 0 N–H and O–H groups in total. The maximum Gasteiger partial charge on any atom is 0.287 e. The molecule has 0 saturated heterocycles. The lowest BCUT2D eigenvalue weighted by Gasteiger charge is -2.55. The summed E-state index contributed by atoms with van der Waals surface area (Å²) in [6, 6.07) is 3.99. The van der Waals surface area contributed by atoms with Gasteiger partial charge < -0.3 is 0 Å². The van der Waals surface area contributed by atoms with E-state index in [4.69, 9.17) is 11.8 Å². The third kappa shape index (κ3) is 2.17. The summed E-state index contributed by atoms with van der Waals surface area (Å²) in [5.41, 5.74) is 1.40. The van der Waals surface area contributed by atoms with Crippen LogP contribution in [-0.2, 0) is 0 Å². The third-order valence-corrected chi connectivity index (χ3v) is 6.22. The monoisotopic (exact) mass is 304 g/mol. The molecule has 4 aliphatic carbocycles. The standard InChI is InChI=1S/C17H21ClN2O/c1-10-3-2-4-19-15(10)17(21)20(18)16-13-6-11-5-12(8-13)9-14(16)7-11/h2-4,11-14,16H,5-9H2,1H3. The molecule has 0 aromatic carbocycles. The van der Waals surface area contributed by atoms with Gasteiger partial charge in [0.1, 0.15) is 5.69 Å². The molecule has 4 bridgehead atoms. The Morgan fingerprint density at radius 3 is 2.38 bits per heavy atom. The van der Waals surface area contributed by atoms with Crippen molar-refractivity contribution in [3.63, 3.8) is 0 Å². The molecular formula is C17H21ClN2O. The number of aryl methyl sites for hydroxylation is 1. The Hall–Kier alpha value is -1.09. The van der Waals surface area contributed by atoms with Gasteiger partial charge in [-0.25, -0.2) is 4.42 Å². The van der Waals surface area contributed by atoms with Crippen LogP contribution >= 0.6 is 11.8 Å². The summed E-state index contributed by atoms with van der Waals surface area (Å²) < 4.78 is 1.50. The van der Waals surface area contributed by atoms with Crippen LogP contribution in [0.25, 0.3) is 0 Å². The minimum Gasteiger partial charge on any atom is -0.266 e. The quantitative estimate of drug-likeness (QED) is 0.778. The second-order valence-electron chi connectivity index (χ2n) is 7.21. The van der Waals surface area contributed by atoms with E-state index < -0.39 is 0 Å². The summed E-state index contributed by atoms with van der Waals surface area (Å²) in [6.07, 6.45) is 8.12. The molecule has 1 aromatic rings. The van der Waals surface area contributed by atoms with E-state index in [1.54, 1.807) is 6.20 Å². The number of carbonyl (C=O) groups is 1. The van der Waals surface area contributed by atoms with Crippen LogP contribution in [0, 0.1) is 30.6 Å². The summed E-state index contributed by atoms with van der Waals surface area (Å²) in [5.74, 6) is 2.87. The highest BCUT2D eigenvalue weighted by molar-refractivity contribution is 6.24. The van der Waals surface area contributed by atoms with Crippen molar-refractivity contribution in [2.75, 3.05) is 0 Å². The van der Waals surface area contributed by atoms with Gasteiger partial charge in [-0.15, -0.1) is 0 Å². The minimum absolute atomic E-state index is 0.118. The Bertz CT molecular complexity index is 546. The van der Waals surface area contributed by atoms with Gasteiger partial charge in [0.25, 0.3) is 5.91 Å². The van der Waals surface area contributed by atoms with Crippen molar-refractivity contribution in [1.82, 2.24) is 9.40 Å². The van der Waals surface area contributed by atoms with Crippen LogP contribution in [0.3, 0.4) is 0 Å². The number of amides is 1. The maximum atomic E-state index is 12.7. The summed E-state index contributed by atoms with van der Waals surface area (Å²) in [4.78, 5) is 17.0. The predicted octanol–water partition coefficient (Wildman–Crippen LogP) is 3.81. The fourth-order valence-corrected chi connectivity index (χ4v) is 5.61. The first-order valence-electron chi connectivity index (χ1n) is 8.04. The van der Waals surface area contributed by atoms with Gasteiger partial charge in [-0.3, -0.25) is 9.78 Å². The van der Waals surface area contributed by atoms with Gasteiger partial charge in [0.15, 0.2) is 0 Å². The smallest absolute Gasteiger partial charge is 0.266 e. The average molecular weight is 305 g/mol. The minimum atomic E-state index is -0.118. The Balaban J connectivity index is 1.59. The van der Waals surface area contributed by atoms with Crippen molar-refractivity contribution in [2.45, 2.75) is 45.1 Å². The normalized spacial score (nSPS) is 36.8. The second-order valence-corrected chi connectivity index (χ2v) is 7.57. The Kier molecular flexibility index (Phi) is 3.21. The molecule has 4 fully saturated rings. The van der Waals surface area contributed by atoms with Gasteiger partial charge in [0.2, 0.25) is 0 Å². The van der Waals surface area contributed by atoms with Crippen LogP contribution < -0.4 is 0 Å². The zero-order valence-electron chi connectivity index (χ0n) is 12.3. The molecule has 0 aliphatic heterocycles. The number of carbonyl (C=O) groups excluding carboxylic acids is 1. The van der Waals surface area contributed by atoms with Crippen molar-refractivity contribution in [3.8, 4) is 0 Å². The molecule has 21 heavy (non-hydrogen) atoms. The first kappa shape index (κ1) is 13.6. The van der Waals surface area contributed by atoms with Crippen molar-refractivity contribution in [1.29, 1.82) is 0 Å². The number of halogens is 1. The van der Waals surface area contributed by atoms with Crippen molar-refractivity contribution in [2.24, 2.45) is 23.7 Å². The predicted molar refractivity (Wildman–Crippen MR) is 81.8 cm³/mol. The van der Waals surface area contributed by atoms with Crippen LogP contribution in [-0.4, -0.2) is 21.4 Å². The highest BCUT2D eigenvalue weighted by atomic mass is 35.5. The van der Waals surface area contributed by atoms with E-state index in [2.05, 4.69) is 4.98 Å². The van der Waals surface area contributed by atoms with Crippen LogP contribution in [0.2, 0.25) is 0 Å². The van der Waals surface area contributed by atoms with Gasteiger partial charge in [-0.05, 0) is 74.3 Å². The first-order valence-corrected chi connectivity index (χ1v) is 8.38. The third-order valence-electron chi connectivity index (χ3n) is 5.84. The highest BCUT2D eigenvalue weighted by Crippen LogP contribution is 2.55. The van der Waals surface area contributed by atoms with Crippen LogP contribution in [0.1, 0.15) is 48.2 Å². The molecule has 112 valence electrons. The van der Waals surface area contributed by atoms with Crippen LogP contribution in [0.15, 0.2) is 18.3 Å².